The fourth-order valence-electron chi connectivity index (χ4n) is 4.47. The van der Waals surface area contributed by atoms with Crippen molar-refractivity contribution >= 4 is 48.9 Å². The number of fused-ring (bicyclic) bond motifs is 3. The highest BCUT2D eigenvalue weighted by Gasteiger charge is 2.25. The highest BCUT2D eigenvalue weighted by molar-refractivity contribution is 6.37. The molecule has 0 aliphatic heterocycles. The molecular formula is C22H12O. The van der Waals surface area contributed by atoms with E-state index in [-0.39, 0.29) is 5.78 Å². The average Bonchev–Trinajstić information content (AvgIpc) is 2.92. The van der Waals surface area contributed by atoms with E-state index in [1.807, 2.05) is 6.07 Å². The number of hydrogen-bond donors (Lipinski definition) is 0. The topological polar surface area (TPSA) is 17.1 Å². The minimum atomic E-state index is 0.252. The minimum absolute atomic E-state index is 0.252. The largest absolute Gasteiger partial charge is 0.294 e. The van der Waals surface area contributed by atoms with Gasteiger partial charge in [-0.25, -0.2) is 0 Å². The summed E-state index contributed by atoms with van der Waals surface area (Å²) in [6, 6.07) is 21.5. The Balaban J connectivity index is 2.11. The minimum Gasteiger partial charge on any atom is -0.294 e. The molecule has 0 saturated heterocycles. The van der Waals surface area contributed by atoms with E-state index in [0.717, 1.165) is 5.56 Å². The molecule has 1 aliphatic rings. The van der Waals surface area contributed by atoms with E-state index in [0.29, 0.717) is 6.42 Å². The zero-order chi connectivity index (χ0) is 15.1. The molecule has 23 heavy (non-hydrogen) atoms. The highest BCUT2D eigenvalue weighted by atomic mass is 16.1. The summed E-state index contributed by atoms with van der Waals surface area (Å²) in [6.07, 6.45) is 0.539. The van der Waals surface area contributed by atoms with Crippen molar-refractivity contribution in [3.8, 4) is 0 Å². The molecule has 1 heteroatoms. The van der Waals surface area contributed by atoms with Gasteiger partial charge >= 0.3 is 0 Å². The third-order valence-electron chi connectivity index (χ3n) is 5.36. The monoisotopic (exact) mass is 292 g/mol. The molecule has 0 radical (unpaired) electrons. The van der Waals surface area contributed by atoms with Crippen LogP contribution in [-0.4, -0.2) is 5.78 Å². The van der Waals surface area contributed by atoms with Crippen molar-refractivity contribution in [3.63, 3.8) is 0 Å². The van der Waals surface area contributed by atoms with Gasteiger partial charge in [-0.15, -0.1) is 0 Å². The molecule has 1 aliphatic carbocycles. The molecule has 1 nitrogen and oxygen atoms in total. The van der Waals surface area contributed by atoms with Crippen LogP contribution in [0.1, 0.15) is 15.9 Å². The normalized spacial score (nSPS) is 14.0. The summed E-state index contributed by atoms with van der Waals surface area (Å²) in [5.41, 5.74) is 2.08. The van der Waals surface area contributed by atoms with E-state index < -0.39 is 0 Å². The molecule has 106 valence electrons. The maximum absolute atomic E-state index is 12.4. The molecule has 5 aromatic carbocycles. The van der Waals surface area contributed by atoms with Crippen LogP contribution in [0.2, 0.25) is 0 Å². The molecule has 0 atom stereocenters. The first-order valence-corrected chi connectivity index (χ1v) is 7.97. The molecular weight excluding hydrogens is 280 g/mol. The van der Waals surface area contributed by atoms with Crippen LogP contribution < -0.4 is 0 Å². The molecule has 0 aromatic heterocycles. The summed E-state index contributed by atoms with van der Waals surface area (Å²) in [4.78, 5) is 12.4. The zero-order valence-electron chi connectivity index (χ0n) is 12.4. The smallest absolute Gasteiger partial charge is 0.167 e. The van der Waals surface area contributed by atoms with Gasteiger partial charge in [-0.2, -0.15) is 0 Å². The first kappa shape index (κ1) is 11.6. The van der Waals surface area contributed by atoms with Crippen molar-refractivity contribution in [2.45, 2.75) is 6.42 Å². The maximum Gasteiger partial charge on any atom is 0.167 e. The molecule has 0 saturated carbocycles. The second-order valence-corrected chi connectivity index (χ2v) is 6.50. The Kier molecular flexibility index (Phi) is 1.86. The van der Waals surface area contributed by atoms with Gasteiger partial charge in [0, 0.05) is 12.0 Å². The Morgan fingerprint density at radius 3 is 2.22 bits per heavy atom. The summed E-state index contributed by atoms with van der Waals surface area (Å²) in [5, 5.41) is 10.1. The maximum atomic E-state index is 12.4. The van der Waals surface area contributed by atoms with Crippen molar-refractivity contribution in [1.29, 1.82) is 0 Å². The molecule has 0 amide bonds. The van der Waals surface area contributed by atoms with Gasteiger partial charge in [-0.1, -0.05) is 60.7 Å². The molecule has 0 fully saturated rings. The highest BCUT2D eigenvalue weighted by Crippen LogP contribution is 2.44. The summed E-state index contributed by atoms with van der Waals surface area (Å²) < 4.78 is 0. The summed E-state index contributed by atoms with van der Waals surface area (Å²) in [7, 11) is 0. The summed E-state index contributed by atoms with van der Waals surface area (Å²) >= 11 is 0. The number of carbonyl (C=O) groups excluding carboxylic acids is 1. The van der Waals surface area contributed by atoms with E-state index in [9.17, 15) is 4.79 Å². The third kappa shape index (κ3) is 1.24. The van der Waals surface area contributed by atoms with Gasteiger partial charge < -0.3 is 0 Å². The molecule has 5 aromatic rings. The molecule has 0 unspecified atom stereocenters. The molecule has 0 N–H and O–H groups in total. The fourth-order valence-corrected chi connectivity index (χ4v) is 4.47. The van der Waals surface area contributed by atoms with Gasteiger partial charge in [0.2, 0.25) is 0 Å². The lowest BCUT2D eigenvalue weighted by atomic mass is 9.87. The quantitative estimate of drug-likeness (QED) is 0.273. The number of carbonyl (C=O) groups is 1. The van der Waals surface area contributed by atoms with Crippen molar-refractivity contribution in [1.82, 2.24) is 0 Å². The van der Waals surface area contributed by atoms with Crippen LogP contribution in [0.3, 0.4) is 0 Å². The van der Waals surface area contributed by atoms with Crippen LogP contribution in [0.25, 0.3) is 43.1 Å². The number of rotatable bonds is 0. The first-order chi connectivity index (χ1) is 11.3. The van der Waals surface area contributed by atoms with E-state index in [4.69, 9.17) is 0 Å². The van der Waals surface area contributed by atoms with Crippen molar-refractivity contribution < 1.29 is 4.79 Å². The van der Waals surface area contributed by atoms with Crippen LogP contribution in [0, 0.1) is 0 Å². The fraction of sp³-hybridized carbons (Fsp3) is 0.0455. The second kappa shape index (κ2) is 3.69. The average molecular weight is 292 g/mol. The Morgan fingerprint density at radius 2 is 1.39 bits per heavy atom. The predicted molar refractivity (Wildman–Crippen MR) is 95.7 cm³/mol. The standard InChI is InChI=1S/C22H12O/c23-19-11-13-10-12-4-3-7-16-14-5-1-2-6-15(14)17-8-9-18(19)21(13)22(17)20(12)16/h1-10H,11H2. The van der Waals surface area contributed by atoms with Crippen LogP contribution in [0.5, 0.6) is 0 Å². The van der Waals surface area contributed by atoms with Crippen molar-refractivity contribution in [3.05, 3.63) is 71.8 Å². The van der Waals surface area contributed by atoms with Gasteiger partial charge in [-0.05, 0) is 48.7 Å². The Bertz CT molecular complexity index is 1290. The first-order valence-electron chi connectivity index (χ1n) is 7.97. The molecule has 0 spiro atoms. The Hall–Kier alpha value is -2.93. The van der Waals surface area contributed by atoms with E-state index in [2.05, 4.69) is 54.6 Å². The lowest BCUT2D eigenvalue weighted by Crippen LogP contribution is -1.93. The van der Waals surface area contributed by atoms with Crippen molar-refractivity contribution in [2.24, 2.45) is 0 Å². The van der Waals surface area contributed by atoms with Crippen LogP contribution in [0.15, 0.2) is 60.7 Å². The van der Waals surface area contributed by atoms with Gasteiger partial charge in [0.05, 0.1) is 0 Å². The van der Waals surface area contributed by atoms with E-state index >= 15 is 0 Å². The van der Waals surface area contributed by atoms with Gasteiger partial charge in [0.25, 0.3) is 0 Å². The van der Waals surface area contributed by atoms with Crippen molar-refractivity contribution in [2.75, 3.05) is 0 Å². The van der Waals surface area contributed by atoms with Gasteiger partial charge in [-0.3, -0.25) is 4.79 Å². The SMILES string of the molecule is O=C1Cc2cc3cccc4c5ccccc5c5ccc1c2c5c34. The lowest BCUT2D eigenvalue weighted by molar-refractivity contribution is 0.1000. The van der Waals surface area contributed by atoms with Gasteiger partial charge in [0.1, 0.15) is 0 Å². The predicted octanol–water partition coefficient (Wildman–Crippen LogP) is 5.48. The zero-order valence-corrected chi connectivity index (χ0v) is 12.4. The van der Waals surface area contributed by atoms with E-state index in [1.165, 1.54) is 48.7 Å². The van der Waals surface area contributed by atoms with Crippen LogP contribution in [0.4, 0.5) is 0 Å². The summed E-state index contributed by atoms with van der Waals surface area (Å²) in [6.45, 7) is 0. The third-order valence-corrected chi connectivity index (χ3v) is 5.36. The molecule has 6 rings (SSSR count). The second-order valence-electron chi connectivity index (χ2n) is 6.50. The lowest BCUT2D eigenvalue weighted by Gasteiger charge is -2.15. The molecule has 0 bridgehead atoms. The van der Waals surface area contributed by atoms with E-state index in [1.54, 1.807) is 0 Å². The number of hydrogen-bond acceptors (Lipinski definition) is 1. The number of ketones is 1. The Labute approximate surface area is 132 Å². The van der Waals surface area contributed by atoms with Crippen LogP contribution >= 0.6 is 0 Å². The number of benzene rings is 5. The summed E-state index contributed by atoms with van der Waals surface area (Å²) in [5.74, 6) is 0.252. The van der Waals surface area contributed by atoms with Gasteiger partial charge in [0.15, 0.2) is 5.78 Å². The molecule has 0 heterocycles. The number of Topliss-reactive ketones (excluding diaryl/α,β-unsaturated/α-hetero) is 1. The Morgan fingerprint density at radius 1 is 0.652 bits per heavy atom. The van der Waals surface area contributed by atoms with Crippen LogP contribution in [-0.2, 0) is 6.42 Å².